The van der Waals surface area contributed by atoms with Gasteiger partial charge in [0.2, 0.25) is 0 Å². The molecule has 0 bridgehead atoms. The average molecular weight is 1910 g/mol. The number of aromatic nitrogens is 10. The van der Waals surface area contributed by atoms with Crippen molar-refractivity contribution in [2.45, 2.75) is 99.3 Å². The van der Waals surface area contributed by atoms with E-state index >= 15 is 0 Å². The number of hydrogen-bond donors (Lipinski definition) is 2. The van der Waals surface area contributed by atoms with E-state index in [0.29, 0.717) is 47.6 Å². The molecule has 0 amide bonds. The molecule has 0 saturated carbocycles. The first-order valence-electron chi connectivity index (χ1n) is 49.3. The van der Waals surface area contributed by atoms with Crippen LogP contribution in [0.2, 0.25) is 0 Å². The van der Waals surface area contributed by atoms with Crippen LogP contribution >= 0.6 is 0 Å². The molecular weight excluding hydrogens is 1800 g/mol. The molecule has 3 atom stereocenters. The molecule has 5 aromatic carbocycles. The molecule has 15 aromatic heterocycles. The summed E-state index contributed by atoms with van der Waals surface area (Å²) in [5, 5.41) is 3.45. The van der Waals surface area contributed by atoms with Gasteiger partial charge in [-0.2, -0.15) is 0 Å². The van der Waals surface area contributed by atoms with E-state index in [1.54, 1.807) is 52.3 Å². The molecule has 30 heteroatoms. The van der Waals surface area contributed by atoms with Gasteiger partial charge in [-0.3, -0.25) is 50.9 Å². The highest BCUT2D eigenvalue weighted by Gasteiger charge is 2.27. The third kappa shape index (κ3) is 20.0. The van der Waals surface area contributed by atoms with Gasteiger partial charge in [-0.1, -0.05) is 37.3 Å². The minimum atomic E-state index is -0.0445. The van der Waals surface area contributed by atoms with Gasteiger partial charge < -0.3 is 67.4 Å². The second-order valence-corrected chi connectivity index (χ2v) is 38.5. The number of nitrogens with one attached hydrogen (secondary N) is 1. The first kappa shape index (κ1) is 93.7. The summed E-state index contributed by atoms with van der Waals surface area (Å²) in [6, 6.07) is 70.2. The predicted octanol–water partition coefficient (Wildman–Crippen LogP) is 17.2. The summed E-state index contributed by atoms with van der Waals surface area (Å²) in [6.07, 6.45) is 11.7. The second kappa shape index (κ2) is 39.5. The monoisotopic (exact) mass is 1910 g/mol. The number of benzene rings is 5. The highest BCUT2D eigenvalue weighted by molar-refractivity contribution is 5.87. The van der Waals surface area contributed by atoms with Crippen molar-refractivity contribution < 1.29 is 22.1 Å². The molecule has 728 valence electrons. The van der Waals surface area contributed by atoms with E-state index in [1.165, 1.54) is 0 Å². The van der Waals surface area contributed by atoms with Gasteiger partial charge in [0.25, 0.3) is 27.8 Å². The Labute approximate surface area is 824 Å². The largest absolute Gasteiger partial charge is 0.441 e. The number of rotatable bonds is 11. The van der Waals surface area contributed by atoms with Crippen LogP contribution in [0.1, 0.15) is 70.0 Å². The van der Waals surface area contributed by atoms with Crippen LogP contribution in [0.15, 0.2) is 289 Å². The number of anilines is 5. The number of likely N-dealkylation sites (N-methyl/N-ethyl adjacent to an activating group) is 3. The van der Waals surface area contributed by atoms with Gasteiger partial charge in [-0.25, -0.2) is 24.9 Å². The summed E-state index contributed by atoms with van der Waals surface area (Å²) in [5.74, 6) is 3.20. The Hall–Kier alpha value is -15.6. The fourth-order valence-corrected chi connectivity index (χ4v) is 20.3. The lowest BCUT2D eigenvalue weighted by Crippen LogP contribution is -2.51. The maximum absolute atomic E-state index is 12.9. The van der Waals surface area contributed by atoms with Crippen LogP contribution in [0.25, 0.3) is 139 Å². The molecule has 5 aliphatic heterocycles. The maximum Gasteiger partial charge on any atom is 0.255 e. The van der Waals surface area contributed by atoms with Crippen LogP contribution in [0.4, 0.5) is 28.4 Å². The zero-order valence-electron chi connectivity index (χ0n) is 82.3. The Balaban J connectivity index is 0.000000106. The fourth-order valence-electron chi connectivity index (χ4n) is 20.3. The van der Waals surface area contributed by atoms with Crippen molar-refractivity contribution >= 4 is 112 Å². The van der Waals surface area contributed by atoms with E-state index in [9.17, 15) is 24.0 Å². The van der Waals surface area contributed by atoms with Crippen LogP contribution in [0.5, 0.6) is 0 Å². The Kier molecular flexibility index (Phi) is 25.9. The van der Waals surface area contributed by atoms with Crippen molar-refractivity contribution in [3.8, 4) is 55.6 Å². The number of nitrogens with zero attached hydrogens (tertiary/aromatic N) is 18. The van der Waals surface area contributed by atoms with Gasteiger partial charge in [0, 0.05) is 246 Å². The molecule has 5 fully saturated rings. The first-order chi connectivity index (χ1) is 69.2. The fraction of sp³-hybridized carbons (Fsp3) is 0.292. The van der Waals surface area contributed by atoms with E-state index in [0.717, 1.165) is 285 Å². The molecule has 143 heavy (non-hydrogen) atoms. The lowest BCUT2D eigenvalue weighted by atomic mass is 10.0. The minimum Gasteiger partial charge on any atom is -0.441 e. The first-order valence-corrected chi connectivity index (χ1v) is 49.3. The Morgan fingerprint density at radius 2 is 0.587 bits per heavy atom. The van der Waals surface area contributed by atoms with Gasteiger partial charge in [0.05, 0.1) is 28.4 Å². The number of hydrogen-bond acceptors (Lipinski definition) is 25. The summed E-state index contributed by atoms with van der Waals surface area (Å²) in [7, 11) is 4.30. The highest BCUT2D eigenvalue weighted by atomic mass is 16.4. The SMILES string of the molecule is CCN1CCN(c2ccc3cc(-c4ccc5nc(C)oc5c4)cc(=O)n3c2)C[C@@H]1C.Cc1nc2ccc(-c3cc(=O)n4cc(N5CCC(N)CC5)ccc4c3)cc2o1.Cc1nc2ccc(-c3cc(=O)n4cc(N5CCN(C)CC5)ccc4c3)cc2o1.Cc1nc2ccc(-c3cc(=O)n4cc(N5CCN(C)[C@@H](C)C5)ccc4c3)cc2o1.Cc1nc2ccc(-c3cc(=O)n4cc(N5CCN[C@@H](C)C5)ccc4c3)cc2o1. The molecule has 0 spiro atoms. The van der Waals surface area contributed by atoms with E-state index in [-0.39, 0.29) is 33.8 Å². The summed E-state index contributed by atoms with van der Waals surface area (Å²) in [6.45, 7) is 33.8. The van der Waals surface area contributed by atoms with Crippen molar-refractivity contribution in [3.05, 3.63) is 325 Å². The van der Waals surface area contributed by atoms with Crippen molar-refractivity contribution in [1.82, 2.24) is 66.9 Å². The summed E-state index contributed by atoms with van der Waals surface area (Å²) < 4.78 is 36.8. The van der Waals surface area contributed by atoms with Gasteiger partial charge in [0.1, 0.15) is 27.6 Å². The molecule has 0 aliphatic carbocycles. The minimum absolute atomic E-state index is 0.0292. The highest BCUT2D eigenvalue weighted by Crippen LogP contribution is 2.35. The Morgan fingerprint density at radius 3 is 0.881 bits per heavy atom. The third-order valence-corrected chi connectivity index (χ3v) is 28.4. The zero-order valence-corrected chi connectivity index (χ0v) is 82.3. The van der Waals surface area contributed by atoms with Gasteiger partial charge in [0.15, 0.2) is 57.4 Å². The Bertz CT molecular complexity index is 8360. The van der Waals surface area contributed by atoms with E-state index in [4.69, 9.17) is 27.8 Å². The van der Waals surface area contributed by atoms with Gasteiger partial charge in [-0.05, 0) is 262 Å². The second-order valence-electron chi connectivity index (χ2n) is 38.5. The molecule has 0 radical (unpaired) electrons. The summed E-state index contributed by atoms with van der Waals surface area (Å²) >= 11 is 0. The van der Waals surface area contributed by atoms with Crippen LogP contribution in [-0.2, 0) is 0 Å². The standard InChI is InChI=1S/C24H26N4O2.C23H24N4O2.3C22H22N4O2/c1-4-26-9-10-27(14-16(26)2)21-7-6-20-11-19(13-24(29)28(20)15-21)18-5-8-22-23(12-18)30-17(3)25-22;1-15-13-26(9-8-25(15)3)20-6-5-19-10-18(12-23(28)27(19)14-20)17-4-7-21-22(11-17)29-16(2)24-21;1-15-23-20-6-3-16(12-21(20)28-15)17-11-18-4-5-19(14-26(18)22(27)13-17)25-9-7-24(2)8-10-25;1-14-12-25(8-7-23-14)19-5-4-18-9-17(11-22(27)26(18)13-19)16-3-6-20-21(10-16)28-15(2)24-20;1-14-24-20-5-2-15(11-21(20)28-14)16-10-18-3-4-19(13-26(18)22(27)12-16)25-8-6-17(23)7-9-25/h5-8,11-13,15-16H,4,9-10,14H2,1-3H3;4-7,10-12,14-15H,8-9,13H2,1-3H3;3-6,11-14H,7-10H2,1-2H3;3-6,9-11,13-14,23H,7-8,12H2,1-2H3;2-5,10-13,17H,6-9,23H2,1H3/t16-;15-;;14-;/m00.0./s1. The molecule has 20 aromatic rings. The summed E-state index contributed by atoms with van der Waals surface area (Å²) in [4.78, 5) is 105. The molecule has 5 aliphatic rings. The average Bonchev–Trinajstić information content (AvgIpc) is 1.77. The van der Waals surface area contributed by atoms with Crippen molar-refractivity contribution in [2.75, 3.05) is 143 Å². The zero-order chi connectivity index (χ0) is 98.7. The molecule has 20 heterocycles. The topological polar surface area (TPSA) is 302 Å². The van der Waals surface area contributed by atoms with E-state index in [2.05, 4.69) is 142 Å². The lowest BCUT2D eigenvalue weighted by molar-refractivity contribution is 0.199. The number of piperidine rings is 1. The molecule has 30 nitrogen and oxygen atoms in total. The van der Waals surface area contributed by atoms with Crippen molar-refractivity contribution in [3.63, 3.8) is 0 Å². The van der Waals surface area contributed by atoms with Gasteiger partial charge in [-0.15, -0.1) is 0 Å². The maximum atomic E-state index is 12.9. The number of oxazole rings is 5. The van der Waals surface area contributed by atoms with Crippen LogP contribution in [0, 0.1) is 34.6 Å². The molecule has 25 rings (SSSR count). The number of pyridine rings is 10. The number of piperazine rings is 4. The van der Waals surface area contributed by atoms with E-state index in [1.807, 2.05) is 217 Å². The van der Waals surface area contributed by atoms with Crippen LogP contribution in [0.3, 0.4) is 0 Å². The van der Waals surface area contributed by atoms with Crippen molar-refractivity contribution in [1.29, 1.82) is 0 Å². The quantitative estimate of drug-likeness (QED) is 0.122. The summed E-state index contributed by atoms with van der Waals surface area (Å²) in [5.41, 5.74) is 32.6. The lowest BCUT2D eigenvalue weighted by Gasteiger charge is -2.40. The van der Waals surface area contributed by atoms with Crippen LogP contribution in [-0.4, -0.2) is 205 Å². The number of nitrogens with two attached hydrogens (primary N) is 1. The third-order valence-electron chi connectivity index (χ3n) is 28.4. The molecule has 3 N–H and O–H groups in total. The molecule has 0 unspecified atom stereocenters. The Morgan fingerprint density at radius 1 is 0.308 bits per heavy atom. The van der Waals surface area contributed by atoms with Crippen LogP contribution < -0.4 is 63.3 Å². The number of aryl methyl sites for hydroxylation is 5. The number of fused-ring (bicyclic) bond motifs is 10. The normalized spacial score (nSPS) is 16.9. The predicted molar refractivity (Wildman–Crippen MR) is 569 cm³/mol. The molecular formula is C113H116N20O10. The van der Waals surface area contributed by atoms with E-state index < -0.39 is 0 Å². The smallest absolute Gasteiger partial charge is 0.255 e. The van der Waals surface area contributed by atoms with Gasteiger partial charge >= 0.3 is 0 Å². The van der Waals surface area contributed by atoms with Crippen molar-refractivity contribution in [2.24, 2.45) is 5.73 Å². The molecule has 5 saturated heterocycles.